The van der Waals surface area contributed by atoms with E-state index in [4.69, 9.17) is 20.4 Å². The second-order valence-electron chi connectivity index (χ2n) is 8.01. The van der Waals surface area contributed by atoms with Gasteiger partial charge in [0.25, 0.3) is 11.8 Å². The number of piperazine rings is 1. The Kier molecular flexibility index (Phi) is 9.16. The molecule has 0 aliphatic carbocycles. The van der Waals surface area contributed by atoms with Gasteiger partial charge in [-0.05, 0) is 25.5 Å². The summed E-state index contributed by atoms with van der Waals surface area (Å²) >= 11 is 0. The molecule has 0 saturated carbocycles. The third-order valence-electron chi connectivity index (χ3n) is 5.46. The first-order valence-corrected chi connectivity index (χ1v) is 11.6. The molecule has 2 heterocycles. The van der Waals surface area contributed by atoms with Crippen LogP contribution in [0.25, 0.3) is 5.69 Å². The molecule has 0 spiro atoms. The van der Waals surface area contributed by atoms with Gasteiger partial charge in [-0.15, -0.1) is 5.06 Å². The number of ether oxygens (including phenoxy) is 1. The summed E-state index contributed by atoms with van der Waals surface area (Å²) in [6.45, 7) is 2.55. The summed E-state index contributed by atoms with van der Waals surface area (Å²) in [5.74, 6) is -3.21. The fourth-order valence-corrected chi connectivity index (χ4v) is 3.66. The van der Waals surface area contributed by atoms with Crippen LogP contribution < -0.4 is 11.1 Å². The fraction of sp³-hybridized carbons (Fsp3) is 0.391. The largest absolute Gasteiger partial charge is 0.527 e. The van der Waals surface area contributed by atoms with Crippen LogP contribution >= 0.6 is 0 Å². The van der Waals surface area contributed by atoms with Crippen LogP contribution in [0.5, 0.6) is 0 Å². The molecule has 3 rings (SSSR count). The predicted molar refractivity (Wildman–Crippen MR) is 126 cm³/mol. The summed E-state index contributed by atoms with van der Waals surface area (Å²) < 4.78 is 5.94. The van der Waals surface area contributed by atoms with Crippen molar-refractivity contribution in [1.82, 2.24) is 25.1 Å². The molecule has 0 unspecified atom stereocenters. The fourth-order valence-electron chi connectivity index (χ4n) is 3.66. The van der Waals surface area contributed by atoms with Crippen LogP contribution in [0.4, 0.5) is 4.79 Å². The molecular formula is C23H28N6O8. The molecule has 1 atom stereocenters. The Balaban J connectivity index is 1.72. The first kappa shape index (κ1) is 27.1. The number of amides is 3. The van der Waals surface area contributed by atoms with E-state index in [1.165, 1.54) is 20.7 Å². The van der Waals surface area contributed by atoms with Gasteiger partial charge in [-0.1, -0.05) is 18.2 Å². The van der Waals surface area contributed by atoms with Crippen LogP contribution in [0, 0.1) is 0 Å². The zero-order valence-corrected chi connectivity index (χ0v) is 20.2. The molecule has 14 heteroatoms. The quantitative estimate of drug-likeness (QED) is 0.367. The minimum absolute atomic E-state index is 0.0394. The Morgan fingerprint density at radius 3 is 2.38 bits per heavy atom. The third-order valence-corrected chi connectivity index (χ3v) is 5.46. The molecule has 4 N–H and O–H groups in total. The topological polar surface area (TPSA) is 186 Å². The van der Waals surface area contributed by atoms with Crippen LogP contribution in [-0.2, 0) is 19.2 Å². The molecule has 1 aromatic carbocycles. The number of rotatable bonds is 10. The monoisotopic (exact) mass is 516 g/mol. The van der Waals surface area contributed by atoms with Gasteiger partial charge in [-0.25, -0.2) is 9.48 Å². The van der Waals surface area contributed by atoms with E-state index in [1.54, 1.807) is 37.3 Å². The van der Waals surface area contributed by atoms with Gasteiger partial charge in [0.15, 0.2) is 5.69 Å². The number of hydrogen-bond acceptors (Lipinski definition) is 9. The number of para-hydroxylation sites is 1. The van der Waals surface area contributed by atoms with Gasteiger partial charge in [0.2, 0.25) is 5.91 Å². The van der Waals surface area contributed by atoms with Crippen molar-refractivity contribution in [3.63, 3.8) is 0 Å². The summed E-state index contributed by atoms with van der Waals surface area (Å²) in [7, 11) is 0. The Labute approximate surface area is 211 Å². The SMILES string of the molecule is CCOC(=O)ON1CCN(C(=O)[C@H](CCC(=O)O)NC(=O)c2cc(C(N)=O)n(-c3ccccc3)n2)CC1. The van der Waals surface area contributed by atoms with E-state index in [0.29, 0.717) is 5.69 Å². The summed E-state index contributed by atoms with van der Waals surface area (Å²) in [4.78, 5) is 67.2. The summed E-state index contributed by atoms with van der Waals surface area (Å²) in [6, 6.07) is 8.59. The maximum absolute atomic E-state index is 13.2. The van der Waals surface area contributed by atoms with Crippen molar-refractivity contribution < 1.29 is 38.7 Å². The number of carboxylic acids is 1. The number of benzene rings is 1. The van der Waals surface area contributed by atoms with E-state index in [9.17, 15) is 24.0 Å². The molecule has 3 amide bonds. The lowest BCUT2D eigenvalue weighted by Crippen LogP contribution is -2.55. The number of hydrogen-bond donors (Lipinski definition) is 3. The molecule has 1 fully saturated rings. The highest BCUT2D eigenvalue weighted by Crippen LogP contribution is 2.14. The number of nitrogens with two attached hydrogens (primary N) is 1. The van der Waals surface area contributed by atoms with Gasteiger partial charge in [0.05, 0.1) is 25.4 Å². The number of nitrogens with one attached hydrogen (secondary N) is 1. The number of carboxylic acid groups (broad SMARTS) is 1. The predicted octanol–water partition coefficient (Wildman–Crippen LogP) is 0.167. The smallest absolute Gasteiger partial charge is 0.481 e. The van der Waals surface area contributed by atoms with Gasteiger partial charge in [-0.2, -0.15) is 5.10 Å². The highest BCUT2D eigenvalue weighted by atomic mass is 16.8. The molecule has 1 aliphatic rings. The second-order valence-corrected chi connectivity index (χ2v) is 8.01. The number of aliphatic carboxylic acids is 1. The van der Waals surface area contributed by atoms with E-state index >= 15 is 0 Å². The molecule has 37 heavy (non-hydrogen) atoms. The lowest BCUT2D eigenvalue weighted by atomic mass is 10.1. The summed E-state index contributed by atoms with van der Waals surface area (Å²) in [6.07, 6.45) is -1.38. The Morgan fingerprint density at radius 2 is 1.78 bits per heavy atom. The van der Waals surface area contributed by atoms with Gasteiger partial charge >= 0.3 is 12.1 Å². The first-order valence-electron chi connectivity index (χ1n) is 11.6. The van der Waals surface area contributed by atoms with Crippen molar-refractivity contribution in [2.75, 3.05) is 32.8 Å². The Morgan fingerprint density at radius 1 is 1.11 bits per heavy atom. The molecule has 1 aliphatic heterocycles. The number of carbonyl (C=O) groups excluding carboxylic acids is 4. The molecule has 0 radical (unpaired) electrons. The molecule has 1 saturated heterocycles. The highest BCUT2D eigenvalue weighted by molar-refractivity contribution is 5.99. The van der Waals surface area contributed by atoms with Crippen molar-refractivity contribution in [2.24, 2.45) is 5.73 Å². The first-order chi connectivity index (χ1) is 17.7. The normalized spacial score (nSPS) is 14.5. The molecule has 0 bridgehead atoms. The van der Waals surface area contributed by atoms with Crippen molar-refractivity contribution in [3.8, 4) is 5.69 Å². The minimum Gasteiger partial charge on any atom is -0.481 e. The van der Waals surface area contributed by atoms with Crippen LogP contribution in [0.3, 0.4) is 0 Å². The van der Waals surface area contributed by atoms with Crippen molar-refractivity contribution >= 4 is 29.8 Å². The Bertz CT molecular complexity index is 1140. The van der Waals surface area contributed by atoms with Crippen LogP contribution in [-0.4, -0.2) is 93.5 Å². The minimum atomic E-state index is -1.17. The van der Waals surface area contributed by atoms with Crippen LogP contribution in [0.15, 0.2) is 36.4 Å². The second kappa shape index (κ2) is 12.5. The summed E-state index contributed by atoms with van der Waals surface area (Å²) in [5.41, 5.74) is 5.74. The molecule has 198 valence electrons. The zero-order valence-electron chi connectivity index (χ0n) is 20.2. The molecule has 2 aromatic rings. The van der Waals surface area contributed by atoms with E-state index in [-0.39, 0.29) is 57.0 Å². The lowest BCUT2D eigenvalue weighted by molar-refractivity contribution is -0.157. The average Bonchev–Trinajstić information content (AvgIpc) is 3.33. The van der Waals surface area contributed by atoms with Gasteiger partial charge in [-0.3, -0.25) is 19.2 Å². The number of aromatic nitrogens is 2. The number of hydroxylamine groups is 2. The maximum Gasteiger partial charge on any atom is 0.527 e. The van der Waals surface area contributed by atoms with E-state index in [1.807, 2.05) is 0 Å². The number of carbonyl (C=O) groups is 5. The Hall–Kier alpha value is -4.46. The maximum atomic E-state index is 13.2. The van der Waals surface area contributed by atoms with Gasteiger partial charge < -0.3 is 30.6 Å². The highest BCUT2D eigenvalue weighted by Gasteiger charge is 2.31. The van der Waals surface area contributed by atoms with Gasteiger partial charge in [0, 0.05) is 25.6 Å². The lowest BCUT2D eigenvalue weighted by Gasteiger charge is -2.35. The van der Waals surface area contributed by atoms with Crippen LogP contribution in [0.2, 0.25) is 0 Å². The standard InChI is InChI=1S/C23H28N6O8/c1-2-36-23(35)37-28-12-10-27(11-13-28)22(34)16(8-9-19(30)31)25-21(33)17-14-18(20(24)32)29(26-17)15-6-4-3-5-7-15/h3-7,14,16H,2,8-13H2,1H3,(H2,24,32)(H,25,33)(H,30,31)/t16-/m0/s1. The average molecular weight is 517 g/mol. The number of primary amides is 1. The van der Waals surface area contributed by atoms with E-state index in [0.717, 1.165) is 0 Å². The molecule has 1 aromatic heterocycles. The van der Waals surface area contributed by atoms with E-state index in [2.05, 4.69) is 10.4 Å². The van der Waals surface area contributed by atoms with E-state index < -0.39 is 35.9 Å². The van der Waals surface area contributed by atoms with Crippen molar-refractivity contribution in [1.29, 1.82) is 0 Å². The molecular weight excluding hydrogens is 488 g/mol. The summed E-state index contributed by atoms with van der Waals surface area (Å²) in [5, 5.41) is 17.2. The number of nitrogens with zero attached hydrogens (tertiary/aromatic N) is 4. The van der Waals surface area contributed by atoms with Crippen molar-refractivity contribution in [2.45, 2.75) is 25.8 Å². The zero-order chi connectivity index (χ0) is 26.9. The van der Waals surface area contributed by atoms with Crippen molar-refractivity contribution in [3.05, 3.63) is 47.8 Å². The van der Waals surface area contributed by atoms with Gasteiger partial charge in [0.1, 0.15) is 11.7 Å². The van der Waals surface area contributed by atoms with Crippen LogP contribution in [0.1, 0.15) is 40.7 Å². The third kappa shape index (κ3) is 7.27. The molecule has 14 nitrogen and oxygen atoms in total.